The van der Waals surface area contributed by atoms with Gasteiger partial charge in [-0.05, 0) is 18.1 Å². The number of carbonyl (C=O) groups is 1. The highest BCUT2D eigenvalue weighted by atomic mass is 16.6. The van der Waals surface area contributed by atoms with Crippen molar-refractivity contribution < 1.29 is 9.72 Å². The Kier molecular flexibility index (Phi) is 2.88. The predicted molar refractivity (Wildman–Crippen MR) is 53.6 cm³/mol. The number of hydrogen-bond acceptors (Lipinski definition) is 4. The first kappa shape index (κ1) is 10.5. The molecule has 0 unspecified atom stereocenters. The summed E-state index contributed by atoms with van der Waals surface area (Å²) in [7, 11) is 0. The van der Waals surface area contributed by atoms with Gasteiger partial charge in [-0.15, -0.1) is 0 Å². The van der Waals surface area contributed by atoms with Crippen molar-refractivity contribution in [1.82, 2.24) is 0 Å². The van der Waals surface area contributed by atoms with Gasteiger partial charge in [0.15, 0.2) is 0 Å². The van der Waals surface area contributed by atoms with Crippen molar-refractivity contribution in [3.05, 3.63) is 33.9 Å². The average Bonchev–Trinajstić information content (AvgIpc) is 2.14. The lowest BCUT2D eigenvalue weighted by molar-refractivity contribution is -0.385. The normalized spacial score (nSPS) is 8.80. The van der Waals surface area contributed by atoms with Crippen LogP contribution in [0, 0.1) is 22.0 Å². The van der Waals surface area contributed by atoms with Gasteiger partial charge in [0.25, 0.3) is 11.6 Å². The number of carbonyl (C=O) groups excluding carboxylic acids is 1. The Bertz CT molecular complexity index is 485. The van der Waals surface area contributed by atoms with E-state index in [0.29, 0.717) is 5.69 Å². The van der Waals surface area contributed by atoms with Crippen molar-refractivity contribution in [2.75, 3.05) is 5.73 Å². The molecule has 1 aromatic carbocycles. The molecule has 0 aliphatic heterocycles. The fraction of sp³-hybridized carbons (Fsp3) is 0. The monoisotopic (exact) mass is 205 g/mol. The summed E-state index contributed by atoms with van der Waals surface area (Å²) in [5, 5.41) is 10.6. The van der Waals surface area contributed by atoms with Crippen LogP contribution in [-0.2, 0) is 4.79 Å². The summed E-state index contributed by atoms with van der Waals surface area (Å²) in [6, 6.07) is 3.92. The van der Waals surface area contributed by atoms with Crippen LogP contribution in [0.4, 0.5) is 11.4 Å². The zero-order valence-corrected chi connectivity index (χ0v) is 7.56. The molecule has 1 amide bonds. The first-order valence-electron chi connectivity index (χ1n) is 3.86. The fourth-order valence-corrected chi connectivity index (χ4v) is 0.942. The third-order valence-corrected chi connectivity index (χ3v) is 1.54. The highest BCUT2D eigenvalue weighted by molar-refractivity contribution is 5.92. The first-order chi connectivity index (χ1) is 7.00. The maximum atomic E-state index is 10.6. The smallest absolute Gasteiger partial charge is 0.293 e. The van der Waals surface area contributed by atoms with E-state index in [0.717, 1.165) is 0 Å². The van der Waals surface area contributed by atoms with Gasteiger partial charge in [-0.3, -0.25) is 14.9 Å². The molecular formula is C9H7N3O3. The van der Waals surface area contributed by atoms with Crippen LogP contribution in [0.3, 0.4) is 0 Å². The van der Waals surface area contributed by atoms with Crippen LogP contribution in [0.2, 0.25) is 0 Å². The summed E-state index contributed by atoms with van der Waals surface area (Å²) < 4.78 is 0. The second-order valence-electron chi connectivity index (χ2n) is 2.65. The van der Waals surface area contributed by atoms with Crippen molar-refractivity contribution >= 4 is 17.3 Å². The molecule has 0 aliphatic rings. The zero-order valence-electron chi connectivity index (χ0n) is 7.56. The van der Waals surface area contributed by atoms with Crippen LogP contribution < -0.4 is 11.5 Å². The number of nitro groups is 1. The number of nitrogens with zero attached hydrogens (tertiary/aromatic N) is 1. The first-order valence-corrected chi connectivity index (χ1v) is 3.86. The molecule has 0 spiro atoms. The van der Waals surface area contributed by atoms with Gasteiger partial charge >= 0.3 is 0 Å². The van der Waals surface area contributed by atoms with Crippen molar-refractivity contribution in [2.24, 2.45) is 5.73 Å². The molecule has 0 radical (unpaired) electrons. The van der Waals surface area contributed by atoms with Gasteiger partial charge in [0, 0.05) is 17.7 Å². The van der Waals surface area contributed by atoms with Crippen LogP contribution in [0.5, 0.6) is 0 Å². The van der Waals surface area contributed by atoms with Gasteiger partial charge in [-0.2, -0.15) is 0 Å². The number of benzene rings is 1. The van der Waals surface area contributed by atoms with Gasteiger partial charge in [0.2, 0.25) is 0 Å². The van der Waals surface area contributed by atoms with Crippen LogP contribution >= 0.6 is 0 Å². The van der Waals surface area contributed by atoms with Crippen LogP contribution in [-0.4, -0.2) is 10.8 Å². The molecule has 6 nitrogen and oxygen atoms in total. The molecule has 0 saturated carbocycles. The van der Waals surface area contributed by atoms with Gasteiger partial charge in [0.05, 0.1) is 4.92 Å². The Balaban J connectivity index is 3.27. The molecule has 0 aliphatic carbocycles. The minimum atomic E-state index is -0.855. The lowest BCUT2D eigenvalue weighted by Gasteiger charge is -1.96. The number of hydrogen-bond donors (Lipinski definition) is 2. The predicted octanol–water partition coefficient (Wildman–Crippen LogP) is 0.0138. The number of primary amides is 1. The Morgan fingerprint density at radius 2 is 2.13 bits per heavy atom. The summed E-state index contributed by atoms with van der Waals surface area (Å²) in [4.78, 5) is 20.3. The van der Waals surface area contributed by atoms with Crippen LogP contribution in [0.15, 0.2) is 18.2 Å². The third-order valence-electron chi connectivity index (χ3n) is 1.54. The summed E-state index contributed by atoms with van der Waals surface area (Å²) in [6.07, 6.45) is 0. The van der Waals surface area contributed by atoms with E-state index in [1.807, 2.05) is 5.92 Å². The molecule has 0 heterocycles. The van der Waals surface area contributed by atoms with Crippen LogP contribution in [0.25, 0.3) is 0 Å². The van der Waals surface area contributed by atoms with Gasteiger partial charge in [-0.25, -0.2) is 0 Å². The molecule has 1 aromatic rings. The zero-order chi connectivity index (χ0) is 11.4. The standard InChI is InChI=1S/C9H7N3O3/c10-7-2-3-8(12(14)15)6(5-7)1-4-9(11)13/h2-3,5H,10H2,(H2,11,13). The molecule has 0 atom stereocenters. The number of nitrogens with two attached hydrogens (primary N) is 2. The number of rotatable bonds is 1. The van der Waals surface area contributed by atoms with Gasteiger partial charge < -0.3 is 11.5 Å². The topological polar surface area (TPSA) is 112 Å². The summed E-state index contributed by atoms with van der Waals surface area (Å²) in [6.45, 7) is 0. The lowest BCUT2D eigenvalue weighted by atomic mass is 10.1. The lowest BCUT2D eigenvalue weighted by Crippen LogP contribution is -2.06. The molecule has 15 heavy (non-hydrogen) atoms. The maximum Gasteiger partial charge on any atom is 0.293 e. The second kappa shape index (κ2) is 4.11. The maximum absolute atomic E-state index is 10.6. The number of amides is 1. The van der Waals surface area contributed by atoms with Crippen LogP contribution in [0.1, 0.15) is 5.56 Å². The summed E-state index contributed by atoms with van der Waals surface area (Å²) in [5.41, 5.74) is 10.4. The number of anilines is 1. The molecule has 0 fully saturated rings. The highest BCUT2D eigenvalue weighted by Crippen LogP contribution is 2.19. The molecule has 0 bridgehead atoms. The fourth-order valence-electron chi connectivity index (χ4n) is 0.942. The molecular weight excluding hydrogens is 198 g/mol. The van der Waals surface area contributed by atoms with Gasteiger partial charge in [0.1, 0.15) is 5.56 Å². The minimum absolute atomic E-state index is 0.0683. The molecule has 76 valence electrons. The van der Waals surface area contributed by atoms with E-state index in [9.17, 15) is 14.9 Å². The molecule has 4 N–H and O–H groups in total. The summed E-state index contributed by atoms with van der Waals surface area (Å²) in [5.74, 6) is 3.45. The Morgan fingerprint density at radius 3 is 2.67 bits per heavy atom. The Hall–Kier alpha value is -2.55. The number of nitro benzene ring substituents is 1. The van der Waals surface area contributed by atoms with E-state index < -0.39 is 10.8 Å². The Labute approximate surface area is 85.0 Å². The number of nitrogen functional groups attached to an aromatic ring is 1. The van der Waals surface area contributed by atoms with E-state index in [1.54, 1.807) is 0 Å². The van der Waals surface area contributed by atoms with E-state index in [4.69, 9.17) is 11.5 Å². The highest BCUT2D eigenvalue weighted by Gasteiger charge is 2.11. The van der Waals surface area contributed by atoms with Crippen molar-refractivity contribution in [3.8, 4) is 11.8 Å². The van der Waals surface area contributed by atoms with E-state index in [1.165, 1.54) is 18.2 Å². The average molecular weight is 205 g/mol. The van der Waals surface area contributed by atoms with Crippen molar-refractivity contribution in [1.29, 1.82) is 0 Å². The third kappa shape index (κ3) is 2.70. The molecule has 6 heteroatoms. The van der Waals surface area contributed by atoms with E-state index in [2.05, 4.69) is 5.92 Å². The molecule has 0 saturated heterocycles. The van der Waals surface area contributed by atoms with Crippen molar-refractivity contribution in [2.45, 2.75) is 0 Å². The minimum Gasteiger partial charge on any atom is -0.399 e. The molecule has 1 rings (SSSR count). The second-order valence-corrected chi connectivity index (χ2v) is 2.65. The van der Waals surface area contributed by atoms with E-state index >= 15 is 0 Å². The quantitative estimate of drug-likeness (QED) is 0.291. The molecule has 0 aromatic heterocycles. The van der Waals surface area contributed by atoms with Crippen molar-refractivity contribution in [3.63, 3.8) is 0 Å². The Morgan fingerprint density at radius 1 is 1.47 bits per heavy atom. The largest absolute Gasteiger partial charge is 0.399 e. The summed E-state index contributed by atoms with van der Waals surface area (Å²) >= 11 is 0. The van der Waals surface area contributed by atoms with Gasteiger partial charge in [-0.1, -0.05) is 0 Å². The van der Waals surface area contributed by atoms with E-state index in [-0.39, 0.29) is 11.3 Å². The SMILES string of the molecule is NC(=O)C#Cc1cc(N)ccc1[N+](=O)[O-].